The van der Waals surface area contributed by atoms with Crippen LogP contribution in [-0.2, 0) is 19.1 Å². The van der Waals surface area contributed by atoms with Gasteiger partial charge in [0.2, 0.25) is 0 Å². The Hall–Kier alpha value is -1.32. The van der Waals surface area contributed by atoms with Crippen molar-refractivity contribution in [2.75, 3.05) is 0 Å². The Balaban J connectivity index is 3.75. The van der Waals surface area contributed by atoms with Crippen LogP contribution in [0.1, 0.15) is 91.9 Å². The molecule has 0 aromatic heterocycles. The molecule has 0 fully saturated rings. The molecule has 0 radical (unpaired) electrons. The van der Waals surface area contributed by atoms with E-state index in [9.17, 15) is 9.59 Å². The fourth-order valence-electron chi connectivity index (χ4n) is 2.32. The molecule has 0 spiro atoms. The van der Waals surface area contributed by atoms with Crippen molar-refractivity contribution in [3.8, 4) is 0 Å². The lowest BCUT2D eigenvalue weighted by atomic mass is 10.1. The van der Waals surface area contributed by atoms with E-state index in [4.69, 9.17) is 9.47 Å². The fourth-order valence-corrected chi connectivity index (χ4v) is 2.32. The Morgan fingerprint density at radius 2 is 1.50 bits per heavy atom. The number of carbonyl (C=O) groups is 2. The second-order valence-electron chi connectivity index (χ2n) is 6.42. The Morgan fingerprint density at radius 3 is 2.12 bits per heavy atom. The van der Waals surface area contributed by atoms with Crippen molar-refractivity contribution in [1.29, 1.82) is 0 Å². The summed E-state index contributed by atoms with van der Waals surface area (Å²) in [6.07, 6.45) is 12.4. The molecule has 0 saturated heterocycles. The van der Waals surface area contributed by atoms with Crippen molar-refractivity contribution >= 4 is 11.9 Å². The first kappa shape index (κ1) is 22.7. The van der Waals surface area contributed by atoms with Crippen LogP contribution in [0.15, 0.2) is 12.2 Å². The van der Waals surface area contributed by atoms with Gasteiger partial charge in [-0.15, -0.1) is 0 Å². The maximum Gasteiger partial charge on any atom is 0.306 e. The van der Waals surface area contributed by atoms with Crippen LogP contribution in [0.3, 0.4) is 0 Å². The van der Waals surface area contributed by atoms with E-state index in [1.165, 1.54) is 6.42 Å². The molecule has 4 heteroatoms. The van der Waals surface area contributed by atoms with Crippen LogP contribution in [0, 0.1) is 0 Å². The van der Waals surface area contributed by atoms with Crippen LogP contribution in [0.4, 0.5) is 0 Å². The van der Waals surface area contributed by atoms with Crippen LogP contribution in [0.5, 0.6) is 0 Å². The maximum atomic E-state index is 11.7. The number of hydrogen-bond acceptors (Lipinski definition) is 4. The first-order valence-electron chi connectivity index (χ1n) is 9.55. The van der Waals surface area contributed by atoms with Crippen LogP contribution in [-0.4, -0.2) is 24.1 Å². The molecule has 0 aromatic carbocycles. The number of hydrogen-bond donors (Lipinski definition) is 0. The third-order valence-corrected chi connectivity index (χ3v) is 3.76. The van der Waals surface area contributed by atoms with Gasteiger partial charge in [0.05, 0.1) is 6.10 Å². The predicted molar refractivity (Wildman–Crippen MR) is 97.8 cm³/mol. The molecular weight excluding hydrogens is 304 g/mol. The second kappa shape index (κ2) is 15.2. The number of esters is 2. The van der Waals surface area contributed by atoms with Gasteiger partial charge in [0.1, 0.15) is 6.10 Å². The average Bonchev–Trinajstić information content (AvgIpc) is 2.51. The molecule has 2 unspecified atom stereocenters. The van der Waals surface area contributed by atoms with Crippen molar-refractivity contribution in [3.63, 3.8) is 0 Å². The zero-order valence-electron chi connectivity index (χ0n) is 16.0. The Bertz CT molecular complexity index is 363. The number of allylic oxidation sites excluding steroid dienone is 1. The monoisotopic (exact) mass is 340 g/mol. The Kier molecular flexibility index (Phi) is 14.4. The fraction of sp³-hybridized carbons (Fsp3) is 0.800. The minimum absolute atomic E-state index is 0.0377. The molecule has 0 aliphatic carbocycles. The van der Waals surface area contributed by atoms with Gasteiger partial charge in [0.25, 0.3) is 0 Å². The van der Waals surface area contributed by atoms with Crippen molar-refractivity contribution < 1.29 is 19.1 Å². The van der Waals surface area contributed by atoms with Gasteiger partial charge >= 0.3 is 11.9 Å². The van der Waals surface area contributed by atoms with Crippen molar-refractivity contribution in [1.82, 2.24) is 0 Å². The summed E-state index contributed by atoms with van der Waals surface area (Å²) >= 11 is 0. The lowest BCUT2D eigenvalue weighted by Gasteiger charge is -2.13. The van der Waals surface area contributed by atoms with Gasteiger partial charge in [-0.25, -0.2) is 0 Å². The molecule has 0 saturated carbocycles. The third kappa shape index (κ3) is 14.3. The molecule has 0 rings (SSSR count). The molecule has 140 valence electrons. The molecule has 0 aromatic rings. The molecule has 0 heterocycles. The van der Waals surface area contributed by atoms with Gasteiger partial charge in [-0.05, 0) is 45.6 Å². The molecule has 4 nitrogen and oxygen atoms in total. The largest absolute Gasteiger partial charge is 0.463 e. The van der Waals surface area contributed by atoms with Crippen molar-refractivity contribution in [2.45, 2.75) is 104 Å². The van der Waals surface area contributed by atoms with Gasteiger partial charge in [-0.3, -0.25) is 9.59 Å². The third-order valence-electron chi connectivity index (χ3n) is 3.76. The van der Waals surface area contributed by atoms with Gasteiger partial charge in [0.15, 0.2) is 0 Å². The Morgan fingerprint density at radius 1 is 0.875 bits per heavy atom. The number of ether oxygens (including phenoxy) is 2. The highest BCUT2D eigenvalue weighted by Crippen LogP contribution is 2.09. The summed E-state index contributed by atoms with van der Waals surface area (Å²) in [6, 6.07) is 0. The van der Waals surface area contributed by atoms with Crippen LogP contribution in [0.25, 0.3) is 0 Å². The minimum atomic E-state index is -0.258. The second-order valence-corrected chi connectivity index (χ2v) is 6.42. The van der Waals surface area contributed by atoms with E-state index in [0.29, 0.717) is 6.42 Å². The molecule has 0 bridgehead atoms. The van der Waals surface area contributed by atoms with E-state index in [0.717, 1.165) is 38.5 Å². The highest BCUT2D eigenvalue weighted by atomic mass is 16.5. The molecule has 0 amide bonds. The summed E-state index contributed by atoms with van der Waals surface area (Å²) in [5, 5.41) is 0. The summed E-state index contributed by atoms with van der Waals surface area (Å²) in [6.45, 7) is 8.08. The molecular formula is C20H36O4. The molecule has 0 aliphatic heterocycles. The zero-order valence-corrected chi connectivity index (χ0v) is 16.0. The highest BCUT2D eigenvalue weighted by molar-refractivity contribution is 5.72. The van der Waals surface area contributed by atoms with E-state index in [-0.39, 0.29) is 37.0 Å². The van der Waals surface area contributed by atoms with Crippen molar-refractivity contribution in [2.24, 2.45) is 0 Å². The quantitative estimate of drug-likeness (QED) is 0.243. The van der Waals surface area contributed by atoms with Gasteiger partial charge in [0, 0.05) is 12.8 Å². The maximum absolute atomic E-state index is 11.7. The zero-order chi connectivity index (χ0) is 18.2. The van der Waals surface area contributed by atoms with E-state index in [2.05, 4.69) is 19.9 Å². The van der Waals surface area contributed by atoms with Gasteiger partial charge in [-0.1, -0.05) is 45.6 Å². The number of unbranched alkanes of at least 4 members (excludes halogenated alkanes) is 4. The molecule has 0 N–H and O–H groups in total. The summed E-state index contributed by atoms with van der Waals surface area (Å²) in [5.74, 6) is -0.481. The lowest BCUT2D eigenvalue weighted by Crippen LogP contribution is -2.16. The van der Waals surface area contributed by atoms with Crippen LogP contribution < -0.4 is 0 Å². The topological polar surface area (TPSA) is 52.6 Å². The normalized spacial score (nSPS) is 13.7. The lowest BCUT2D eigenvalue weighted by molar-refractivity contribution is -0.149. The first-order chi connectivity index (χ1) is 11.5. The summed E-state index contributed by atoms with van der Waals surface area (Å²) < 4.78 is 10.6. The minimum Gasteiger partial charge on any atom is -0.463 e. The molecule has 0 aliphatic rings. The van der Waals surface area contributed by atoms with E-state index >= 15 is 0 Å². The van der Waals surface area contributed by atoms with Gasteiger partial charge in [-0.2, -0.15) is 0 Å². The van der Waals surface area contributed by atoms with Crippen LogP contribution >= 0.6 is 0 Å². The Labute approximate surface area is 148 Å². The van der Waals surface area contributed by atoms with E-state index in [1.807, 2.05) is 19.9 Å². The number of carbonyl (C=O) groups excluding carboxylic acids is 2. The standard InChI is InChI=1S/C20H36O4/c1-5-7-9-11-14-18(4)24-20(22)16-12-15-19(21)23-17(3)13-10-8-6-2/h11,14,17-18H,5-10,12-13,15-16H2,1-4H3/b14-11+. The smallest absolute Gasteiger partial charge is 0.306 e. The van der Waals surface area contributed by atoms with Crippen LogP contribution in [0.2, 0.25) is 0 Å². The van der Waals surface area contributed by atoms with E-state index in [1.54, 1.807) is 0 Å². The average molecular weight is 341 g/mol. The number of rotatable bonds is 14. The van der Waals surface area contributed by atoms with Crippen molar-refractivity contribution in [3.05, 3.63) is 12.2 Å². The first-order valence-corrected chi connectivity index (χ1v) is 9.55. The highest BCUT2D eigenvalue weighted by Gasteiger charge is 2.12. The SMILES string of the molecule is CCCC/C=C/C(C)OC(=O)CCCC(=O)OC(C)CCCCC. The molecule has 2 atom stereocenters. The van der Waals surface area contributed by atoms with E-state index < -0.39 is 0 Å². The summed E-state index contributed by atoms with van der Waals surface area (Å²) in [5.41, 5.74) is 0. The summed E-state index contributed by atoms with van der Waals surface area (Å²) in [7, 11) is 0. The molecule has 24 heavy (non-hydrogen) atoms. The van der Waals surface area contributed by atoms with Gasteiger partial charge < -0.3 is 9.47 Å². The summed E-state index contributed by atoms with van der Waals surface area (Å²) in [4.78, 5) is 23.4. The predicted octanol–water partition coefficient (Wildman–Crippen LogP) is 5.35.